The van der Waals surface area contributed by atoms with E-state index in [1.165, 1.54) is 0 Å². The predicted octanol–water partition coefficient (Wildman–Crippen LogP) is 1.54. The Morgan fingerprint density at radius 3 is 2.55 bits per heavy atom. The molecule has 1 atom stereocenters. The molecule has 0 unspecified atom stereocenters. The van der Waals surface area contributed by atoms with Gasteiger partial charge in [-0.15, -0.1) is 5.10 Å². The van der Waals surface area contributed by atoms with Gasteiger partial charge in [0.1, 0.15) is 23.7 Å². The Bertz CT molecular complexity index is 1550. The normalized spacial score (nSPS) is 17.5. The topological polar surface area (TPSA) is 149 Å². The number of nitrogens with one attached hydrogen (secondary N) is 2. The second-order valence-electron chi connectivity index (χ2n) is 10.3. The number of anilines is 3. The van der Waals surface area contributed by atoms with Gasteiger partial charge in [-0.05, 0) is 25.0 Å². The van der Waals surface area contributed by atoms with Crippen LogP contribution in [-0.2, 0) is 11.3 Å². The van der Waals surface area contributed by atoms with Gasteiger partial charge in [0, 0.05) is 51.4 Å². The SMILES string of the molecule is COc1cc(-n2cnc(Nc3nc(N4CCC[C@H]4C(N)=O)nn4c(CN5CCNCC5)ccc34)c2)cc(OC)c1OC. The van der Waals surface area contributed by atoms with E-state index < -0.39 is 6.04 Å². The van der Waals surface area contributed by atoms with Crippen LogP contribution < -0.4 is 35.5 Å². The summed E-state index contributed by atoms with van der Waals surface area (Å²) in [7, 11) is 4.73. The van der Waals surface area contributed by atoms with Gasteiger partial charge in [0.05, 0.1) is 38.9 Å². The number of carbonyl (C=O) groups is 1. The number of imidazole rings is 1. The summed E-state index contributed by atoms with van der Waals surface area (Å²) in [5.41, 5.74) is 8.36. The number of nitrogens with two attached hydrogens (primary N) is 1. The molecule has 42 heavy (non-hydrogen) atoms. The molecule has 2 fully saturated rings. The summed E-state index contributed by atoms with van der Waals surface area (Å²) in [4.78, 5) is 26.0. The molecule has 5 heterocycles. The molecular formula is C28H36N10O4. The Kier molecular flexibility index (Phi) is 7.71. The highest BCUT2D eigenvalue weighted by Crippen LogP contribution is 2.39. The van der Waals surface area contributed by atoms with Gasteiger partial charge < -0.3 is 40.0 Å². The molecule has 2 aliphatic heterocycles. The number of hydrogen-bond acceptors (Lipinski definition) is 11. The average Bonchev–Trinajstić information content (AvgIpc) is 3.77. The number of amides is 1. The molecule has 1 amide bonds. The summed E-state index contributed by atoms with van der Waals surface area (Å²) < 4.78 is 20.3. The van der Waals surface area contributed by atoms with Crippen molar-refractivity contribution in [1.29, 1.82) is 0 Å². The molecule has 4 aromatic rings. The lowest BCUT2D eigenvalue weighted by molar-refractivity contribution is -0.119. The summed E-state index contributed by atoms with van der Waals surface area (Å²) >= 11 is 0. The van der Waals surface area contributed by atoms with E-state index in [4.69, 9.17) is 30.0 Å². The lowest BCUT2D eigenvalue weighted by Gasteiger charge is -2.27. The third-order valence-corrected chi connectivity index (χ3v) is 7.79. The number of rotatable bonds is 10. The van der Waals surface area contributed by atoms with Crippen molar-refractivity contribution >= 4 is 29.0 Å². The summed E-state index contributed by atoms with van der Waals surface area (Å²) in [5, 5.41) is 11.7. The Hall–Kier alpha value is -4.56. The van der Waals surface area contributed by atoms with E-state index in [0.29, 0.717) is 47.8 Å². The molecule has 2 aliphatic rings. The maximum absolute atomic E-state index is 12.2. The van der Waals surface area contributed by atoms with Crippen LogP contribution in [0.3, 0.4) is 0 Å². The van der Waals surface area contributed by atoms with Crippen LogP contribution >= 0.6 is 0 Å². The average molecular weight is 577 g/mol. The van der Waals surface area contributed by atoms with Gasteiger partial charge in [0.25, 0.3) is 0 Å². The van der Waals surface area contributed by atoms with Crippen molar-refractivity contribution in [3.05, 3.63) is 42.5 Å². The minimum Gasteiger partial charge on any atom is -0.493 e. The monoisotopic (exact) mass is 576 g/mol. The van der Waals surface area contributed by atoms with E-state index in [2.05, 4.69) is 26.6 Å². The fourth-order valence-corrected chi connectivity index (χ4v) is 5.64. The first-order valence-electron chi connectivity index (χ1n) is 14.0. The Labute approximate surface area is 243 Å². The van der Waals surface area contributed by atoms with Gasteiger partial charge in [0.2, 0.25) is 17.6 Å². The first-order valence-corrected chi connectivity index (χ1v) is 14.0. The van der Waals surface area contributed by atoms with Crippen LogP contribution in [-0.4, -0.2) is 95.1 Å². The molecule has 14 nitrogen and oxygen atoms in total. The van der Waals surface area contributed by atoms with Crippen LogP contribution in [0, 0.1) is 0 Å². The summed E-state index contributed by atoms with van der Waals surface area (Å²) in [6, 6.07) is 7.34. The zero-order valence-corrected chi connectivity index (χ0v) is 24.0. The van der Waals surface area contributed by atoms with E-state index in [0.717, 1.165) is 56.0 Å². The summed E-state index contributed by atoms with van der Waals surface area (Å²) in [6.07, 6.45) is 5.07. The summed E-state index contributed by atoms with van der Waals surface area (Å²) in [5.74, 6) is 2.83. The molecular weight excluding hydrogens is 540 g/mol. The van der Waals surface area contributed by atoms with Crippen molar-refractivity contribution in [3.8, 4) is 22.9 Å². The third kappa shape index (κ3) is 5.25. The molecule has 4 N–H and O–H groups in total. The quantitative estimate of drug-likeness (QED) is 0.252. The predicted molar refractivity (Wildman–Crippen MR) is 157 cm³/mol. The third-order valence-electron chi connectivity index (χ3n) is 7.79. The molecule has 1 aromatic carbocycles. The first kappa shape index (κ1) is 27.6. The second kappa shape index (κ2) is 11.7. The lowest BCUT2D eigenvalue weighted by atomic mass is 10.2. The van der Waals surface area contributed by atoms with Crippen LogP contribution in [0.4, 0.5) is 17.6 Å². The van der Waals surface area contributed by atoms with Crippen molar-refractivity contribution in [1.82, 2.24) is 34.4 Å². The Morgan fingerprint density at radius 1 is 1.10 bits per heavy atom. The van der Waals surface area contributed by atoms with Crippen molar-refractivity contribution < 1.29 is 19.0 Å². The number of methoxy groups -OCH3 is 3. The van der Waals surface area contributed by atoms with Gasteiger partial charge in [-0.25, -0.2) is 9.50 Å². The number of aromatic nitrogens is 5. The molecule has 0 aliphatic carbocycles. The smallest absolute Gasteiger partial charge is 0.246 e. The van der Waals surface area contributed by atoms with Crippen molar-refractivity contribution in [2.45, 2.75) is 25.4 Å². The maximum Gasteiger partial charge on any atom is 0.246 e. The highest BCUT2D eigenvalue weighted by Gasteiger charge is 2.32. The highest BCUT2D eigenvalue weighted by atomic mass is 16.5. The number of carbonyl (C=O) groups excluding carboxylic acids is 1. The molecule has 3 aromatic heterocycles. The number of nitrogens with zero attached hydrogens (tertiary/aromatic N) is 7. The zero-order chi connectivity index (χ0) is 29.2. The molecule has 0 saturated carbocycles. The fourth-order valence-electron chi connectivity index (χ4n) is 5.64. The van der Waals surface area contributed by atoms with Gasteiger partial charge in [-0.3, -0.25) is 9.69 Å². The molecule has 6 rings (SSSR count). The standard InChI is InChI=1S/C28H36N10O4/c1-40-22-13-19(14-23(41-2)25(22)42-3)36-16-24(31-17-36)32-27-21-7-6-18(15-35-11-8-30-9-12-35)38(21)34-28(33-27)37-10-4-5-20(37)26(29)39/h6-7,13-14,16-17,20,30H,4-5,8-12,15H2,1-3H3,(H2,29,39)(H,32,33,34)/t20-/m0/s1. The maximum atomic E-state index is 12.2. The van der Waals surface area contributed by atoms with Crippen LogP contribution in [0.15, 0.2) is 36.8 Å². The highest BCUT2D eigenvalue weighted by molar-refractivity contribution is 5.84. The van der Waals surface area contributed by atoms with Gasteiger partial charge in [-0.1, -0.05) is 0 Å². The van der Waals surface area contributed by atoms with E-state index in [1.807, 2.05) is 38.4 Å². The van der Waals surface area contributed by atoms with Crippen LogP contribution in [0.5, 0.6) is 17.2 Å². The molecule has 222 valence electrons. The van der Waals surface area contributed by atoms with E-state index in [-0.39, 0.29) is 5.91 Å². The van der Waals surface area contributed by atoms with Gasteiger partial charge in [0.15, 0.2) is 17.3 Å². The number of fused-ring (bicyclic) bond motifs is 1. The largest absolute Gasteiger partial charge is 0.493 e. The zero-order valence-electron chi connectivity index (χ0n) is 24.0. The van der Waals surface area contributed by atoms with Crippen LogP contribution in [0.1, 0.15) is 18.5 Å². The first-order chi connectivity index (χ1) is 20.5. The summed E-state index contributed by atoms with van der Waals surface area (Å²) in [6.45, 7) is 5.25. The molecule has 0 bridgehead atoms. The number of hydrogen-bond donors (Lipinski definition) is 3. The molecule has 0 radical (unpaired) electrons. The van der Waals surface area contributed by atoms with E-state index in [1.54, 1.807) is 27.7 Å². The molecule has 14 heteroatoms. The fraction of sp³-hybridized carbons (Fsp3) is 0.429. The lowest BCUT2D eigenvalue weighted by Crippen LogP contribution is -2.43. The molecule has 2 saturated heterocycles. The Morgan fingerprint density at radius 2 is 1.86 bits per heavy atom. The van der Waals surface area contributed by atoms with Crippen LogP contribution in [0.2, 0.25) is 0 Å². The number of primary amides is 1. The van der Waals surface area contributed by atoms with E-state index in [9.17, 15) is 4.79 Å². The minimum absolute atomic E-state index is 0.372. The van der Waals surface area contributed by atoms with Gasteiger partial charge >= 0.3 is 0 Å². The second-order valence-corrected chi connectivity index (χ2v) is 10.3. The minimum atomic E-state index is -0.443. The van der Waals surface area contributed by atoms with Crippen LogP contribution in [0.25, 0.3) is 11.2 Å². The number of piperazine rings is 1. The number of ether oxygens (including phenoxy) is 3. The van der Waals surface area contributed by atoms with Crippen molar-refractivity contribution in [2.24, 2.45) is 5.73 Å². The van der Waals surface area contributed by atoms with Gasteiger partial charge in [-0.2, -0.15) is 4.98 Å². The van der Waals surface area contributed by atoms with Crippen molar-refractivity contribution in [2.75, 3.05) is 64.3 Å². The number of benzene rings is 1. The molecule has 0 spiro atoms. The van der Waals surface area contributed by atoms with E-state index >= 15 is 0 Å². The Balaban J connectivity index is 1.36. The van der Waals surface area contributed by atoms with Crippen molar-refractivity contribution in [3.63, 3.8) is 0 Å².